The molecule has 1 aromatic rings. The largest absolute Gasteiger partial charge is 0.451 e. The zero-order valence-electron chi connectivity index (χ0n) is 13.8. The Morgan fingerprint density at radius 3 is 2.91 bits per heavy atom. The van der Waals surface area contributed by atoms with Crippen LogP contribution in [-0.4, -0.2) is 36.5 Å². The molecule has 23 heavy (non-hydrogen) atoms. The summed E-state index contributed by atoms with van der Waals surface area (Å²) in [6, 6.07) is 1.97. The van der Waals surface area contributed by atoms with Crippen molar-refractivity contribution in [3.63, 3.8) is 0 Å². The molecule has 1 aliphatic carbocycles. The Labute approximate surface area is 141 Å². The van der Waals surface area contributed by atoms with E-state index in [1.807, 2.05) is 11.0 Å². The molecule has 1 fully saturated rings. The van der Waals surface area contributed by atoms with E-state index in [9.17, 15) is 9.59 Å². The van der Waals surface area contributed by atoms with E-state index in [0.717, 1.165) is 32.4 Å². The average Bonchev–Trinajstić information content (AvgIpc) is 2.83. The number of nitrogens with zero attached hydrogens (tertiary/aromatic N) is 1. The van der Waals surface area contributed by atoms with Gasteiger partial charge in [0.25, 0.3) is 5.91 Å². The molecule has 0 radical (unpaired) electrons. The van der Waals surface area contributed by atoms with E-state index in [1.165, 1.54) is 36.1 Å². The van der Waals surface area contributed by atoms with Gasteiger partial charge in [0.05, 0.1) is 0 Å². The Kier molecular flexibility index (Phi) is 5.36. The number of ether oxygens (including phenoxy) is 1. The minimum absolute atomic E-state index is 0.0666. The van der Waals surface area contributed by atoms with Crippen LogP contribution in [0, 0.1) is 5.92 Å². The van der Waals surface area contributed by atoms with Crippen LogP contribution in [0.25, 0.3) is 0 Å². The summed E-state index contributed by atoms with van der Waals surface area (Å²) in [5, 5.41) is 0. The van der Waals surface area contributed by atoms with Crippen molar-refractivity contribution < 1.29 is 14.3 Å². The zero-order chi connectivity index (χ0) is 16.2. The van der Waals surface area contributed by atoms with Gasteiger partial charge in [0.15, 0.2) is 6.61 Å². The fourth-order valence-corrected chi connectivity index (χ4v) is 4.62. The zero-order valence-corrected chi connectivity index (χ0v) is 14.6. The van der Waals surface area contributed by atoms with Crippen LogP contribution in [0.4, 0.5) is 0 Å². The maximum Gasteiger partial charge on any atom is 0.348 e. The number of fused-ring (bicyclic) bond motifs is 1. The van der Waals surface area contributed by atoms with E-state index >= 15 is 0 Å². The number of hydrogen-bond donors (Lipinski definition) is 0. The van der Waals surface area contributed by atoms with E-state index in [4.69, 9.17) is 4.74 Å². The molecule has 1 aliphatic heterocycles. The van der Waals surface area contributed by atoms with Crippen LogP contribution in [0.15, 0.2) is 6.07 Å². The summed E-state index contributed by atoms with van der Waals surface area (Å²) in [6.45, 7) is 3.59. The van der Waals surface area contributed by atoms with Gasteiger partial charge in [-0.2, -0.15) is 0 Å². The van der Waals surface area contributed by atoms with Gasteiger partial charge in [0.1, 0.15) is 4.88 Å². The molecule has 1 amide bonds. The number of carbonyl (C=O) groups is 2. The molecule has 1 saturated heterocycles. The lowest BCUT2D eigenvalue weighted by atomic mass is 10.0. The lowest BCUT2D eigenvalue weighted by Crippen LogP contribution is -2.41. The Bertz CT molecular complexity index is 557. The number of aryl methyl sites for hydroxylation is 2. The monoisotopic (exact) mass is 335 g/mol. The van der Waals surface area contributed by atoms with Gasteiger partial charge in [0.2, 0.25) is 0 Å². The van der Waals surface area contributed by atoms with Crippen molar-refractivity contribution in [1.29, 1.82) is 0 Å². The third-order valence-corrected chi connectivity index (χ3v) is 6.00. The number of likely N-dealkylation sites (tertiary alicyclic amines) is 1. The van der Waals surface area contributed by atoms with Gasteiger partial charge < -0.3 is 9.64 Å². The molecule has 2 aliphatic rings. The first kappa shape index (κ1) is 16.5. The number of esters is 1. The first-order chi connectivity index (χ1) is 11.1. The molecular weight excluding hydrogens is 310 g/mol. The fourth-order valence-electron chi connectivity index (χ4n) is 3.47. The van der Waals surface area contributed by atoms with Crippen molar-refractivity contribution in [2.45, 2.75) is 51.9 Å². The summed E-state index contributed by atoms with van der Waals surface area (Å²) in [5.74, 6) is 0.126. The Morgan fingerprint density at radius 2 is 2.09 bits per heavy atom. The van der Waals surface area contributed by atoms with Gasteiger partial charge in [-0.1, -0.05) is 13.3 Å². The topological polar surface area (TPSA) is 46.6 Å². The second kappa shape index (κ2) is 7.47. The summed E-state index contributed by atoms with van der Waals surface area (Å²) >= 11 is 1.54. The Hall–Kier alpha value is -1.36. The SMILES string of the molecule is C[C@@H]1CCCN(C(=O)COC(=O)c2cc3c(s2)CCCCC3)C1. The molecule has 1 atom stereocenters. The molecule has 1 aromatic heterocycles. The van der Waals surface area contributed by atoms with Gasteiger partial charge in [0, 0.05) is 18.0 Å². The molecule has 4 nitrogen and oxygen atoms in total. The summed E-state index contributed by atoms with van der Waals surface area (Å²) in [6.07, 6.45) is 8.01. The van der Waals surface area contributed by atoms with Crippen LogP contribution in [0.1, 0.15) is 59.1 Å². The van der Waals surface area contributed by atoms with Crippen LogP contribution in [0.3, 0.4) is 0 Å². The smallest absolute Gasteiger partial charge is 0.348 e. The average molecular weight is 335 g/mol. The first-order valence-corrected chi connectivity index (χ1v) is 9.51. The summed E-state index contributed by atoms with van der Waals surface area (Å²) in [4.78, 5) is 28.2. The second-order valence-corrected chi connectivity index (χ2v) is 7.92. The van der Waals surface area contributed by atoms with Gasteiger partial charge in [-0.05, 0) is 56.1 Å². The minimum atomic E-state index is -0.346. The number of hydrogen-bond acceptors (Lipinski definition) is 4. The van der Waals surface area contributed by atoms with E-state index in [1.54, 1.807) is 11.3 Å². The highest BCUT2D eigenvalue weighted by atomic mass is 32.1. The number of thiophene rings is 1. The van der Waals surface area contributed by atoms with Crippen LogP contribution < -0.4 is 0 Å². The highest BCUT2D eigenvalue weighted by molar-refractivity contribution is 7.14. The van der Waals surface area contributed by atoms with Crippen molar-refractivity contribution in [1.82, 2.24) is 4.90 Å². The molecule has 2 heterocycles. The van der Waals surface area contributed by atoms with Crippen molar-refractivity contribution in [2.24, 2.45) is 5.92 Å². The van der Waals surface area contributed by atoms with Crippen molar-refractivity contribution in [3.05, 3.63) is 21.4 Å². The van der Waals surface area contributed by atoms with E-state index in [0.29, 0.717) is 10.8 Å². The highest BCUT2D eigenvalue weighted by Gasteiger charge is 2.23. The van der Waals surface area contributed by atoms with Crippen molar-refractivity contribution >= 4 is 23.2 Å². The summed E-state index contributed by atoms with van der Waals surface area (Å²) in [7, 11) is 0. The summed E-state index contributed by atoms with van der Waals surface area (Å²) < 4.78 is 5.27. The van der Waals surface area contributed by atoms with Crippen LogP contribution in [-0.2, 0) is 22.4 Å². The fraction of sp³-hybridized carbons (Fsp3) is 0.667. The Morgan fingerprint density at radius 1 is 1.26 bits per heavy atom. The molecule has 3 rings (SSSR count). The Balaban J connectivity index is 1.54. The lowest BCUT2D eigenvalue weighted by molar-refractivity contribution is -0.136. The van der Waals surface area contributed by atoms with Crippen molar-refractivity contribution in [3.8, 4) is 0 Å². The van der Waals surface area contributed by atoms with Crippen LogP contribution in [0.5, 0.6) is 0 Å². The van der Waals surface area contributed by atoms with Gasteiger partial charge in [-0.25, -0.2) is 4.79 Å². The third kappa shape index (κ3) is 4.14. The standard InChI is InChI=1S/C18H25NO3S/c1-13-6-5-9-19(11-13)17(20)12-22-18(21)16-10-14-7-3-2-4-8-15(14)23-16/h10,13H,2-9,11-12H2,1H3/t13-/m1/s1. The predicted molar refractivity (Wildman–Crippen MR) is 90.8 cm³/mol. The number of rotatable bonds is 3. The number of piperidine rings is 1. The normalized spacial score (nSPS) is 21.4. The predicted octanol–water partition coefficient (Wildman–Crippen LogP) is 3.43. The molecule has 0 N–H and O–H groups in total. The van der Waals surface area contributed by atoms with Crippen LogP contribution in [0.2, 0.25) is 0 Å². The molecule has 126 valence electrons. The third-order valence-electron chi connectivity index (χ3n) is 4.78. The number of amides is 1. The molecule has 0 bridgehead atoms. The van der Waals surface area contributed by atoms with E-state index in [2.05, 4.69) is 6.92 Å². The quantitative estimate of drug-likeness (QED) is 0.628. The maximum absolute atomic E-state index is 12.2. The van der Waals surface area contributed by atoms with Gasteiger partial charge >= 0.3 is 5.97 Å². The molecule has 0 spiro atoms. The molecule has 0 unspecified atom stereocenters. The molecule has 0 saturated carbocycles. The van der Waals surface area contributed by atoms with Crippen LogP contribution >= 0.6 is 11.3 Å². The van der Waals surface area contributed by atoms with Gasteiger partial charge in [-0.3, -0.25) is 4.79 Å². The number of carbonyl (C=O) groups excluding carboxylic acids is 2. The highest BCUT2D eigenvalue weighted by Crippen LogP contribution is 2.29. The lowest BCUT2D eigenvalue weighted by Gasteiger charge is -2.30. The second-order valence-electron chi connectivity index (χ2n) is 6.78. The molecule has 0 aromatic carbocycles. The van der Waals surface area contributed by atoms with Crippen molar-refractivity contribution in [2.75, 3.05) is 19.7 Å². The van der Waals surface area contributed by atoms with E-state index in [-0.39, 0.29) is 18.5 Å². The summed E-state index contributed by atoms with van der Waals surface area (Å²) in [5.41, 5.74) is 1.30. The molecule has 5 heteroatoms. The van der Waals surface area contributed by atoms with E-state index < -0.39 is 0 Å². The molecular formula is C18H25NO3S. The minimum Gasteiger partial charge on any atom is -0.451 e. The maximum atomic E-state index is 12.2. The first-order valence-electron chi connectivity index (χ1n) is 8.70. The van der Waals surface area contributed by atoms with Gasteiger partial charge in [-0.15, -0.1) is 11.3 Å².